The van der Waals surface area contributed by atoms with Crippen molar-refractivity contribution in [3.8, 4) is 5.75 Å². The zero-order chi connectivity index (χ0) is 18.4. The first-order valence-corrected chi connectivity index (χ1v) is 7.08. The number of nitrogens with zero attached hydrogens (tertiary/aromatic N) is 1. The number of rotatable bonds is 5. The number of alkyl halides is 2. The largest absolute Gasteiger partial charge is 0.465 e. The standard InChI is InChI=1S/C17H15F2NO5/c1-23-15(21)11-7-5-6-10-20(14(11)16(22)24-2)12-8-3-4-9-13(12)25-17(18)19/h3-10,17H,1-2H3. The van der Waals surface area contributed by atoms with E-state index in [2.05, 4.69) is 9.47 Å². The minimum absolute atomic E-state index is 0.0915. The van der Waals surface area contributed by atoms with Crippen molar-refractivity contribution >= 4 is 17.6 Å². The van der Waals surface area contributed by atoms with Crippen LogP contribution in [0, 0.1) is 0 Å². The molecule has 0 fully saturated rings. The molecule has 1 aromatic rings. The predicted molar refractivity (Wildman–Crippen MR) is 84.9 cm³/mol. The van der Waals surface area contributed by atoms with Crippen LogP contribution in [0.1, 0.15) is 0 Å². The molecule has 1 aliphatic rings. The monoisotopic (exact) mass is 351 g/mol. The highest BCUT2D eigenvalue weighted by Crippen LogP contribution is 2.34. The summed E-state index contributed by atoms with van der Waals surface area (Å²) in [4.78, 5) is 25.6. The molecule has 0 aliphatic carbocycles. The van der Waals surface area contributed by atoms with Gasteiger partial charge in [-0.1, -0.05) is 18.2 Å². The molecule has 1 aromatic carbocycles. The van der Waals surface area contributed by atoms with Crippen molar-refractivity contribution < 1.29 is 32.6 Å². The van der Waals surface area contributed by atoms with E-state index in [4.69, 9.17) is 4.74 Å². The second-order valence-electron chi connectivity index (χ2n) is 4.66. The molecule has 0 unspecified atom stereocenters. The molecule has 0 radical (unpaired) electrons. The van der Waals surface area contributed by atoms with Crippen molar-refractivity contribution in [1.82, 2.24) is 0 Å². The molecule has 25 heavy (non-hydrogen) atoms. The number of hydrogen-bond donors (Lipinski definition) is 0. The maximum Gasteiger partial charge on any atom is 0.387 e. The molecule has 1 aliphatic heterocycles. The maximum absolute atomic E-state index is 12.7. The Bertz CT molecular complexity index is 755. The Morgan fingerprint density at radius 3 is 2.36 bits per heavy atom. The van der Waals surface area contributed by atoms with Crippen LogP contribution in [-0.4, -0.2) is 32.8 Å². The Labute approximate surface area is 142 Å². The molecular formula is C17H15F2NO5. The molecule has 0 bridgehead atoms. The molecule has 0 aromatic heterocycles. The first-order chi connectivity index (χ1) is 12.0. The van der Waals surface area contributed by atoms with E-state index >= 15 is 0 Å². The molecule has 1 heterocycles. The molecule has 0 amide bonds. The van der Waals surface area contributed by atoms with Gasteiger partial charge in [0.05, 0.1) is 25.5 Å². The summed E-state index contributed by atoms with van der Waals surface area (Å²) in [5.74, 6) is -1.80. The van der Waals surface area contributed by atoms with E-state index in [1.807, 2.05) is 0 Å². The Kier molecular flexibility index (Phi) is 5.89. The topological polar surface area (TPSA) is 65.1 Å². The normalized spacial score (nSPS) is 13.7. The highest BCUT2D eigenvalue weighted by Gasteiger charge is 2.29. The molecule has 0 saturated heterocycles. The Hall–Kier alpha value is -3.16. The lowest BCUT2D eigenvalue weighted by molar-refractivity contribution is -0.139. The van der Waals surface area contributed by atoms with Gasteiger partial charge in [-0.2, -0.15) is 8.78 Å². The summed E-state index contributed by atoms with van der Waals surface area (Å²) in [6.45, 7) is -3.05. The van der Waals surface area contributed by atoms with Gasteiger partial charge in [0.15, 0.2) is 0 Å². The Morgan fingerprint density at radius 1 is 1.04 bits per heavy atom. The van der Waals surface area contributed by atoms with Crippen LogP contribution in [0.4, 0.5) is 14.5 Å². The van der Waals surface area contributed by atoms with Gasteiger partial charge in [0, 0.05) is 6.20 Å². The second-order valence-corrected chi connectivity index (χ2v) is 4.66. The summed E-state index contributed by atoms with van der Waals surface area (Å²) in [5.41, 5.74) is -0.152. The number of carbonyl (C=O) groups excluding carboxylic acids is 2. The molecule has 0 spiro atoms. The van der Waals surface area contributed by atoms with Crippen LogP contribution in [0.5, 0.6) is 5.75 Å². The third-order valence-electron chi connectivity index (χ3n) is 3.23. The highest BCUT2D eigenvalue weighted by atomic mass is 19.3. The SMILES string of the molecule is COC(=O)C1=C(C(=O)OC)N(c2ccccc2OC(F)F)C=CC=C1. The highest BCUT2D eigenvalue weighted by molar-refractivity contribution is 6.05. The van der Waals surface area contributed by atoms with E-state index in [1.54, 1.807) is 6.07 Å². The minimum atomic E-state index is -3.05. The number of carbonyl (C=O) groups is 2. The van der Waals surface area contributed by atoms with Gasteiger partial charge in [0.1, 0.15) is 11.4 Å². The predicted octanol–water partition coefficient (Wildman–Crippen LogP) is 2.78. The first kappa shape index (κ1) is 18.2. The summed E-state index contributed by atoms with van der Waals surface area (Å²) in [6.07, 6.45) is 5.82. The number of ether oxygens (including phenoxy) is 3. The third kappa shape index (κ3) is 4.03. The lowest BCUT2D eigenvalue weighted by Crippen LogP contribution is -2.27. The fourth-order valence-electron chi connectivity index (χ4n) is 2.20. The average Bonchev–Trinajstić information content (AvgIpc) is 2.83. The summed E-state index contributed by atoms with van der Waals surface area (Å²) in [5, 5.41) is 0. The molecular weight excluding hydrogens is 336 g/mol. The van der Waals surface area contributed by atoms with Crippen molar-refractivity contribution in [2.45, 2.75) is 6.61 Å². The lowest BCUT2D eigenvalue weighted by atomic mass is 10.1. The van der Waals surface area contributed by atoms with Gasteiger partial charge in [-0.15, -0.1) is 0 Å². The van der Waals surface area contributed by atoms with Crippen molar-refractivity contribution in [2.24, 2.45) is 0 Å². The number of allylic oxidation sites excluding steroid dienone is 2. The van der Waals surface area contributed by atoms with Crippen LogP contribution >= 0.6 is 0 Å². The zero-order valence-corrected chi connectivity index (χ0v) is 13.4. The van der Waals surface area contributed by atoms with E-state index in [0.717, 1.165) is 14.2 Å². The molecule has 2 rings (SSSR count). The summed E-state index contributed by atoms with van der Waals surface area (Å²) >= 11 is 0. The summed E-state index contributed by atoms with van der Waals surface area (Å²) in [6, 6.07) is 5.86. The molecule has 0 saturated carbocycles. The zero-order valence-electron chi connectivity index (χ0n) is 13.4. The second kappa shape index (κ2) is 8.09. The average molecular weight is 351 g/mol. The first-order valence-electron chi connectivity index (χ1n) is 7.08. The van der Waals surface area contributed by atoms with Crippen molar-refractivity contribution in [1.29, 1.82) is 0 Å². The maximum atomic E-state index is 12.7. The van der Waals surface area contributed by atoms with Gasteiger partial charge in [-0.3, -0.25) is 0 Å². The van der Waals surface area contributed by atoms with Gasteiger partial charge >= 0.3 is 18.6 Å². The van der Waals surface area contributed by atoms with Crippen molar-refractivity contribution in [2.75, 3.05) is 19.1 Å². The van der Waals surface area contributed by atoms with Gasteiger partial charge < -0.3 is 19.1 Å². The molecule has 0 atom stereocenters. The van der Waals surface area contributed by atoms with E-state index in [1.165, 1.54) is 47.5 Å². The lowest BCUT2D eigenvalue weighted by Gasteiger charge is -2.24. The number of methoxy groups -OCH3 is 2. The van der Waals surface area contributed by atoms with Crippen molar-refractivity contribution in [3.63, 3.8) is 0 Å². The molecule has 132 valence electrons. The number of para-hydroxylation sites is 2. The Morgan fingerprint density at radius 2 is 1.72 bits per heavy atom. The van der Waals surface area contributed by atoms with E-state index in [-0.39, 0.29) is 22.7 Å². The number of halogens is 2. The van der Waals surface area contributed by atoms with Crippen LogP contribution < -0.4 is 9.64 Å². The van der Waals surface area contributed by atoms with Gasteiger partial charge in [-0.05, 0) is 24.3 Å². The third-order valence-corrected chi connectivity index (χ3v) is 3.23. The van der Waals surface area contributed by atoms with Crippen LogP contribution in [0.15, 0.2) is 60.0 Å². The quantitative estimate of drug-likeness (QED) is 0.760. The number of anilines is 1. The Balaban J connectivity index is 2.66. The molecule has 0 N–H and O–H groups in total. The van der Waals surface area contributed by atoms with Crippen LogP contribution in [0.25, 0.3) is 0 Å². The number of esters is 2. The van der Waals surface area contributed by atoms with E-state index < -0.39 is 18.6 Å². The van der Waals surface area contributed by atoms with Gasteiger partial charge in [0.25, 0.3) is 0 Å². The van der Waals surface area contributed by atoms with Crippen LogP contribution in [-0.2, 0) is 19.1 Å². The van der Waals surface area contributed by atoms with Crippen LogP contribution in [0.3, 0.4) is 0 Å². The van der Waals surface area contributed by atoms with Gasteiger partial charge in [0.2, 0.25) is 0 Å². The minimum Gasteiger partial charge on any atom is -0.465 e. The number of benzene rings is 1. The van der Waals surface area contributed by atoms with Gasteiger partial charge in [-0.25, -0.2) is 9.59 Å². The van der Waals surface area contributed by atoms with E-state index in [0.29, 0.717) is 0 Å². The summed E-state index contributed by atoms with van der Waals surface area (Å²) < 4.78 is 39.3. The summed E-state index contributed by atoms with van der Waals surface area (Å²) in [7, 11) is 2.30. The fourth-order valence-corrected chi connectivity index (χ4v) is 2.20. The fraction of sp³-hybridized carbons (Fsp3) is 0.176. The van der Waals surface area contributed by atoms with Crippen LogP contribution in [0.2, 0.25) is 0 Å². The molecule has 8 heteroatoms. The smallest absolute Gasteiger partial charge is 0.387 e. The number of hydrogen-bond acceptors (Lipinski definition) is 6. The van der Waals surface area contributed by atoms with Crippen molar-refractivity contribution in [3.05, 3.63) is 60.0 Å². The van der Waals surface area contributed by atoms with E-state index in [9.17, 15) is 18.4 Å². The molecule has 6 nitrogen and oxygen atoms in total.